The van der Waals surface area contributed by atoms with Crippen molar-refractivity contribution >= 4 is 23.8 Å². The van der Waals surface area contributed by atoms with Crippen molar-refractivity contribution < 1.29 is 13.7 Å². The molecule has 0 aliphatic carbocycles. The monoisotopic (exact) mass is 330 g/mol. The molecule has 2 aromatic rings. The second-order valence-corrected chi connectivity index (χ2v) is 5.75. The van der Waals surface area contributed by atoms with Crippen LogP contribution in [-0.2, 0) is 0 Å². The highest BCUT2D eigenvalue weighted by Crippen LogP contribution is 2.27. The summed E-state index contributed by atoms with van der Waals surface area (Å²) in [4.78, 5) is 14.3. The first-order valence-corrected chi connectivity index (χ1v) is 8.23. The van der Waals surface area contributed by atoms with E-state index < -0.39 is 0 Å². The van der Waals surface area contributed by atoms with Gasteiger partial charge in [-0.1, -0.05) is 0 Å². The highest BCUT2D eigenvalue weighted by Gasteiger charge is 2.20. The van der Waals surface area contributed by atoms with Gasteiger partial charge in [0, 0.05) is 23.7 Å². The number of hydrogen-bond acceptors (Lipinski definition) is 4. The minimum absolute atomic E-state index is 0.0453. The summed E-state index contributed by atoms with van der Waals surface area (Å²) in [5, 5.41) is 2.79. The number of amides is 2. The van der Waals surface area contributed by atoms with Gasteiger partial charge in [0.15, 0.2) is 0 Å². The third-order valence-electron chi connectivity index (χ3n) is 3.37. The third kappa shape index (κ3) is 3.90. The summed E-state index contributed by atoms with van der Waals surface area (Å²) < 4.78 is 11.1. The van der Waals surface area contributed by atoms with Crippen molar-refractivity contribution in [2.45, 2.75) is 11.8 Å². The molecule has 3 rings (SSSR count). The normalized spacial score (nSPS) is 13.8. The molecule has 1 saturated heterocycles. The molecule has 0 radical (unpaired) electrons. The van der Waals surface area contributed by atoms with Crippen molar-refractivity contribution in [3.8, 4) is 11.5 Å². The summed E-state index contributed by atoms with van der Waals surface area (Å²) in [6.07, 6.45) is 0. The minimum atomic E-state index is -0.0453. The fraction of sp³-hybridized carbons (Fsp3) is 0.235. The van der Waals surface area contributed by atoms with E-state index in [-0.39, 0.29) is 6.03 Å². The molecule has 0 saturated carbocycles. The lowest BCUT2D eigenvalue weighted by Gasteiger charge is -2.14. The maximum Gasteiger partial charge on any atom is 0.321 e. The average molecular weight is 330 g/mol. The van der Waals surface area contributed by atoms with E-state index in [1.165, 1.54) is 12.0 Å². The van der Waals surface area contributed by atoms with E-state index >= 15 is 0 Å². The van der Waals surface area contributed by atoms with Crippen LogP contribution in [-0.4, -0.2) is 25.7 Å². The average Bonchev–Trinajstić information content (AvgIpc) is 3.01. The number of benzene rings is 2. The summed E-state index contributed by atoms with van der Waals surface area (Å²) in [7, 11) is 0. The van der Waals surface area contributed by atoms with E-state index in [1.54, 1.807) is 4.90 Å². The molecule has 2 amide bonds. The van der Waals surface area contributed by atoms with Crippen LogP contribution >= 0.6 is 12.0 Å². The Morgan fingerprint density at radius 3 is 2.39 bits per heavy atom. The number of hydrogen-bond donors (Lipinski definition) is 1. The molecule has 0 unspecified atom stereocenters. The smallest absolute Gasteiger partial charge is 0.321 e. The second-order valence-electron chi connectivity index (χ2n) is 4.95. The molecule has 1 aliphatic heterocycles. The molecule has 0 spiro atoms. The molecule has 6 heteroatoms. The van der Waals surface area contributed by atoms with E-state index in [2.05, 4.69) is 5.32 Å². The van der Waals surface area contributed by atoms with Crippen molar-refractivity contribution in [2.75, 3.05) is 24.6 Å². The summed E-state index contributed by atoms with van der Waals surface area (Å²) in [5.41, 5.74) is 0.894. The van der Waals surface area contributed by atoms with E-state index in [0.29, 0.717) is 19.7 Å². The molecule has 5 nitrogen and oxygen atoms in total. The second kappa shape index (κ2) is 7.28. The zero-order chi connectivity index (χ0) is 16.1. The number of nitrogens with one attached hydrogen (secondary N) is 1. The van der Waals surface area contributed by atoms with Gasteiger partial charge in [-0.2, -0.15) is 0 Å². The van der Waals surface area contributed by atoms with Gasteiger partial charge in [0.05, 0.1) is 18.6 Å². The lowest BCUT2D eigenvalue weighted by molar-refractivity contribution is 0.252. The molecule has 1 heterocycles. The predicted molar refractivity (Wildman–Crippen MR) is 91.3 cm³/mol. The van der Waals surface area contributed by atoms with Gasteiger partial charge in [0.25, 0.3) is 0 Å². The minimum Gasteiger partial charge on any atom is -0.494 e. The molecule has 0 aromatic heterocycles. The molecule has 1 fully saturated rings. The standard InChI is InChI=1S/C17H18N2O3S/c1-2-21-14-5-7-15(8-6-14)22-23-16-9-3-13(4-10-16)19-12-11-18-17(19)20/h3-10H,2,11-12H2,1H3,(H,18,20). The number of ether oxygens (including phenoxy) is 1. The highest BCUT2D eigenvalue weighted by atomic mass is 32.2. The lowest BCUT2D eigenvalue weighted by Crippen LogP contribution is -2.27. The Labute approximate surface area is 139 Å². The summed E-state index contributed by atoms with van der Waals surface area (Å²) in [5.74, 6) is 1.60. The largest absolute Gasteiger partial charge is 0.494 e. The van der Waals surface area contributed by atoms with Crippen LogP contribution in [0.5, 0.6) is 11.5 Å². The zero-order valence-electron chi connectivity index (χ0n) is 12.8. The van der Waals surface area contributed by atoms with Gasteiger partial charge in [-0.25, -0.2) is 4.79 Å². The SMILES string of the molecule is CCOc1ccc(OSc2ccc(N3CCNC3=O)cc2)cc1. The van der Waals surface area contributed by atoms with Crippen molar-refractivity contribution in [1.29, 1.82) is 0 Å². The summed E-state index contributed by atoms with van der Waals surface area (Å²) in [6, 6.07) is 15.2. The number of carbonyl (C=O) groups excluding carboxylic acids is 1. The van der Waals surface area contributed by atoms with Crippen molar-refractivity contribution in [1.82, 2.24) is 5.32 Å². The Morgan fingerprint density at radius 1 is 1.09 bits per heavy atom. The van der Waals surface area contributed by atoms with Crippen LogP contribution in [0, 0.1) is 0 Å². The predicted octanol–water partition coefficient (Wildman–Crippen LogP) is 3.70. The Balaban J connectivity index is 1.57. The maximum atomic E-state index is 11.6. The van der Waals surface area contributed by atoms with Gasteiger partial charge in [0.1, 0.15) is 11.5 Å². The molecular formula is C17H18N2O3S. The Kier molecular flexibility index (Phi) is 4.92. The van der Waals surface area contributed by atoms with E-state index in [4.69, 9.17) is 8.92 Å². The van der Waals surface area contributed by atoms with E-state index in [1.807, 2.05) is 55.5 Å². The Hall–Kier alpha value is -2.34. The van der Waals surface area contributed by atoms with Crippen molar-refractivity contribution in [2.24, 2.45) is 0 Å². The van der Waals surface area contributed by atoms with E-state index in [0.717, 1.165) is 22.1 Å². The van der Waals surface area contributed by atoms with Crippen LogP contribution in [0.3, 0.4) is 0 Å². The topological polar surface area (TPSA) is 50.8 Å². The van der Waals surface area contributed by atoms with Gasteiger partial charge in [-0.15, -0.1) is 0 Å². The van der Waals surface area contributed by atoms with Crippen LogP contribution in [0.15, 0.2) is 53.4 Å². The first-order valence-electron chi connectivity index (χ1n) is 7.49. The van der Waals surface area contributed by atoms with Gasteiger partial charge >= 0.3 is 6.03 Å². The van der Waals surface area contributed by atoms with Crippen LogP contribution < -0.4 is 19.1 Å². The Bertz CT molecular complexity index is 659. The van der Waals surface area contributed by atoms with Crippen LogP contribution in [0.4, 0.5) is 10.5 Å². The summed E-state index contributed by atoms with van der Waals surface area (Å²) in [6.45, 7) is 4.00. The third-order valence-corrected chi connectivity index (χ3v) is 4.11. The highest BCUT2D eigenvalue weighted by molar-refractivity contribution is 7.95. The van der Waals surface area contributed by atoms with Gasteiger partial charge in [-0.3, -0.25) is 4.90 Å². The molecule has 0 atom stereocenters. The quantitative estimate of drug-likeness (QED) is 0.821. The first kappa shape index (κ1) is 15.6. The van der Waals surface area contributed by atoms with Crippen molar-refractivity contribution in [3.05, 3.63) is 48.5 Å². The fourth-order valence-electron chi connectivity index (χ4n) is 2.25. The van der Waals surface area contributed by atoms with Gasteiger partial charge in [-0.05, 0) is 55.5 Å². The lowest BCUT2D eigenvalue weighted by atomic mass is 10.3. The van der Waals surface area contributed by atoms with Crippen molar-refractivity contribution in [3.63, 3.8) is 0 Å². The number of nitrogens with zero attached hydrogens (tertiary/aromatic N) is 1. The van der Waals surface area contributed by atoms with Gasteiger partial charge < -0.3 is 14.2 Å². The van der Waals surface area contributed by atoms with E-state index in [9.17, 15) is 4.79 Å². The molecule has 1 N–H and O–H groups in total. The molecule has 2 aromatic carbocycles. The molecule has 1 aliphatic rings. The molecular weight excluding hydrogens is 312 g/mol. The number of urea groups is 1. The number of rotatable bonds is 6. The molecule has 0 bridgehead atoms. The number of carbonyl (C=O) groups is 1. The van der Waals surface area contributed by atoms with Crippen LogP contribution in [0.1, 0.15) is 6.92 Å². The first-order chi connectivity index (χ1) is 11.3. The molecule has 23 heavy (non-hydrogen) atoms. The summed E-state index contributed by atoms with van der Waals surface area (Å²) >= 11 is 1.28. The van der Waals surface area contributed by atoms with Crippen LogP contribution in [0.25, 0.3) is 0 Å². The molecule has 120 valence electrons. The van der Waals surface area contributed by atoms with Crippen LogP contribution in [0.2, 0.25) is 0 Å². The zero-order valence-corrected chi connectivity index (χ0v) is 13.6. The fourth-order valence-corrected chi connectivity index (χ4v) is 2.80. The van der Waals surface area contributed by atoms with Gasteiger partial charge in [0.2, 0.25) is 0 Å². The Morgan fingerprint density at radius 2 is 1.78 bits per heavy atom. The number of anilines is 1. The maximum absolute atomic E-state index is 11.6.